The number of amides is 2. The van der Waals surface area contributed by atoms with E-state index in [1.54, 1.807) is 27.7 Å². The van der Waals surface area contributed by atoms with E-state index in [2.05, 4.69) is 10.1 Å². The van der Waals surface area contributed by atoms with Gasteiger partial charge >= 0.3 is 12.1 Å². The summed E-state index contributed by atoms with van der Waals surface area (Å²) in [5, 5.41) is 10.5. The van der Waals surface area contributed by atoms with E-state index in [9.17, 15) is 19.2 Å². The van der Waals surface area contributed by atoms with Crippen molar-refractivity contribution >= 4 is 23.9 Å². The molecule has 0 unspecified atom stereocenters. The van der Waals surface area contributed by atoms with Crippen LogP contribution in [0.25, 0.3) is 0 Å². The number of imide groups is 1. The molecule has 0 aromatic rings. The van der Waals surface area contributed by atoms with Gasteiger partial charge in [-0.1, -0.05) is 27.7 Å². The molecule has 0 aromatic heterocycles. The topological polar surface area (TPSA) is 119 Å². The first-order valence-electron chi connectivity index (χ1n) is 6.56. The molecule has 1 atom stereocenters. The number of esters is 1. The van der Waals surface area contributed by atoms with Crippen molar-refractivity contribution in [3.63, 3.8) is 0 Å². The molecular weight excluding hydrogens is 282 g/mol. The Morgan fingerprint density at radius 1 is 1.05 bits per heavy atom. The minimum Gasteiger partial charge on any atom is -0.450 e. The van der Waals surface area contributed by atoms with Crippen molar-refractivity contribution in [2.24, 2.45) is 11.8 Å². The molecule has 8 heteroatoms. The molecule has 1 saturated heterocycles. The first kappa shape index (κ1) is 18.9. The molecular formula is C13H21NO7. The van der Waals surface area contributed by atoms with Crippen molar-refractivity contribution in [3.8, 4) is 0 Å². The van der Waals surface area contributed by atoms with Gasteiger partial charge in [-0.25, -0.2) is 4.79 Å². The van der Waals surface area contributed by atoms with Crippen LogP contribution in [-0.2, 0) is 23.9 Å². The summed E-state index contributed by atoms with van der Waals surface area (Å²) in [7, 11) is 0. The molecule has 1 aliphatic heterocycles. The van der Waals surface area contributed by atoms with Gasteiger partial charge in [-0.2, -0.15) is 0 Å². The maximum atomic E-state index is 11.1. The molecule has 21 heavy (non-hydrogen) atoms. The Morgan fingerprint density at radius 3 is 1.76 bits per heavy atom. The second-order valence-corrected chi connectivity index (χ2v) is 5.06. The molecule has 0 aromatic carbocycles. The zero-order chi connectivity index (χ0) is 16.6. The van der Waals surface area contributed by atoms with Crippen LogP contribution in [0.5, 0.6) is 0 Å². The monoisotopic (exact) mass is 303 g/mol. The number of rotatable bonds is 4. The van der Waals surface area contributed by atoms with Crippen molar-refractivity contribution in [3.05, 3.63) is 0 Å². The highest BCUT2D eigenvalue weighted by Crippen LogP contribution is 2.11. The molecule has 0 bridgehead atoms. The van der Waals surface area contributed by atoms with Crippen LogP contribution in [0.3, 0.4) is 0 Å². The molecule has 1 fully saturated rings. The third kappa shape index (κ3) is 8.61. The smallest absolute Gasteiger partial charge is 0.450 e. The molecule has 1 rings (SSSR count). The van der Waals surface area contributed by atoms with E-state index in [-0.39, 0.29) is 23.7 Å². The average Bonchev–Trinajstić information content (AvgIpc) is 2.72. The second-order valence-electron chi connectivity index (χ2n) is 5.06. The zero-order valence-corrected chi connectivity index (χ0v) is 12.5. The van der Waals surface area contributed by atoms with Crippen molar-refractivity contribution < 1.29 is 33.8 Å². The predicted molar refractivity (Wildman–Crippen MR) is 71.0 cm³/mol. The highest BCUT2D eigenvalue weighted by Gasteiger charge is 2.23. The van der Waals surface area contributed by atoms with Crippen LogP contribution in [0.2, 0.25) is 0 Å². The molecule has 8 nitrogen and oxygen atoms in total. The van der Waals surface area contributed by atoms with E-state index in [1.165, 1.54) is 0 Å². The van der Waals surface area contributed by atoms with Gasteiger partial charge in [-0.15, -0.1) is 0 Å². The second kappa shape index (κ2) is 8.93. The van der Waals surface area contributed by atoms with Gasteiger partial charge in [0.15, 0.2) is 0 Å². The fraction of sp³-hybridized carbons (Fsp3) is 0.692. The Hall–Kier alpha value is -2.12. The largest absolute Gasteiger partial charge is 0.508 e. The van der Waals surface area contributed by atoms with Crippen LogP contribution in [0.1, 0.15) is 40.5 Å². The lowest BCUT2D eigenvalue weighted by molar-refractivity contribution is -0.181. The minimum absolute atomic E-state index is 0.148. The Kier molecular flexibility index (Phi) is 8.03. The first-order valence-corrected chi connectivity index (χ1v) is 6.56. The fourth-order valence-electron chi connectivity index (χ4n) is 1.15. The van der Waals surface area contributed by atoms with Gasteiger partial charge in [-0.3, -0.25) is 19.7 Å². The predicted octanol–water partition coefficient (Wildman–Crippen LogP) is 1.29. The number of carbonyl (C=O) groups is 4. The van der Waals surface area contributed by atoms with Crippen LogP contribution in [-0.4, -0.2) is 35.3 Å². The van der Waals surface area contributed by atoms with Crippen LogP contribution < -0.4 is 5.32 Å². The third-order valence-electron chi connectivity index (χ3n) is 2.32. The van der Waals surface area contributed by atoms with E-state index in [4.69, 9.17) is 9.84 Å². The average molecular weight is 303 g/mol. The summed E-state index contributed by atoms with van der Waals surface area (Å²) in [6, 6.07) is 0. The molecule has 2 amide bonds. The summed E-state index contributed by atoms with van der Waals surface area (Å²) in [6.45, 7) is 6.75. The third-order valence-corrected chi connectivity index (χ3v) is 2.32. The van der Waals surface area contributed by atoms with Gasteiger partial charge in [0, 0.05) is 18.8 Å². The van der Waals surface area contributed by atoms with Crippen molar-refractivity contribution in [1.82, 2.24) is 5.32 Å². The van der Waals surface area contributed by atoms with Crippen LogP contribution in [0.4, 0.5) is 4.79 Å². The van der Waals surface area contributed by atoms with Gasteiger partial charge in [0.25, 0.3) is 6.29 Å². The maximum Gasteiger partial charge on any atom is 0.508 e. The molecule has 0 radical (unpaired) electrons. The van der Waals surface area contributed by atoms with E-state index < -0.39 is 18.4 Å². The SMILES string of the molecule is CC(C)C(=O)O[C@@H](OC(=O)O)C(C)C.O=C1CCC(=O)N1. The number of ether oxygens (including phenoxy) is 2. The highest BCUT2D eigenvalue weighted by atomic mass is 16.8. The summed E-state index contributed by atoms with van der Waals surface area (Å²) in [5.74, 6) is -1.26. The van der Waals surface area contributed by atoms with Gasteiger partial charge in [0.1, 0.15) is 0 Å². The van der Waals surface area contributed by atoms with Gasteiger partial charge in [0.2, 0.25) is 11.8 Å². The number of nitrogens with one attached hydrogen (secondary N) is 1. The first-order chi connectivity index (χ1) is 9.63. The Morgan fingerprint density at radius 2 is 1.52 bits per heavy atom. The number of carboxylic acid groups (broad SMARTS) is 1. The molecule has 0 spiro atoms. The number of hydrogen-bond donors (Lipinski definition) is 2. The summed E-state index contributed by atoms with van der Waals surface area (Å²) in [4.78, 5) is 41.6. The van der Waals surface area contributed by atoms with E-state index in [0.29, 0.717) is 12.8 Å². The number of hydrogen-bond acceptors (Lipinski definition) is 6. The normalized spacial score (nSPS) is 15.1. The van der Waals surface area contributed by atoms with Crippen LogP contribution >= 0.6 is 0 Å². The Balaban J connectivity index is 0.000000471. The molecule has 0 saturated carbocycles. The van der Waals surface area contributed by atoms with Crippen molar-refractivity contribution in [2.75, 3.05) is 0 Å². The highest BCUT2D eigenvalue weighted by molar-refractivity contribution is 6.01. The lowest BCUT2D eigenvalue weighted by Crippen LogP contribution is -2.30. The lowest BCUT2D eigenvalue weighted by atomic mass is 10.2. The molecule has 0 aliphatic carbocycles. The maximum absolute atomic E-state index is 11.1. The van der Waals surface area contributed by atoms with Crippen molar-refractivity contribution in [2.45, 2.75) is 46.8 Å². The standard InChI is InChI=1S/C9H16O5.C4H5NO2/c1-5(2)7(10)13-8(6(3)4)14-9(11)12;6-3-1-2-4(7)5-3/h5-6,8H,1-4H3,(H,11,12);1-2H2,(H,5,6,7)/t8-;/m0./s1. The molecule has 120 valence electrons. The van der Waals surface area contributed by atoms with Gasteiger partial charge in [0.05, 0.1) is 5.92 Å². The van der Waals surface area contributed by atoms with E-state index in [1.807, 2.05) is 0 Å². The van der Waals surface area contributed by atoms with Gasteiger partial charge < -0.3 is 14.6 Å². The molecule has 2 N–H and O–H groups in total. The Labute approximate surface area is 122 Å². The summed E-state index contributed by atoms with van der Waals surface area (Å²) >= 11 is 0. The van der Waals surface area contributed by atoms with Crippen molar-refractivity contribution in [1.29, 1.82) is 0 Å². The Bertz CT molecular complexity index is 389. The van der Waals surface area contributed by atoms with Crippen LogP contribution in [0.15, 0.2) is 0 Å². The zero-order valence-electron chi connectivity index (χ0n) is 12.5. The van der Waals surface area contributed by atoms with E-state index in [0.717, 1.165) is 0 Å². The fourth-order valence-corrected chi connectivity index (χ4v) is 1.15. The summed E-state index contributed by atoms with van der Waals surface area (Å²) < 4.78 is 9.25. The minimum atomic E-state index is -1.44. The van der Waals surface area contributed by atoms with Gasteiger partial charge in [-0.05, 0) is 0 Å². The quantitative estimate of drug-likeness (QED) is 0.456. The lowest BCUT2D eigenvalue weighted by Gasteiger charge is -2.20. The summed E-state index contributed by atoms with van der Waals surface area (Å²) in [5.41, 5.74) is 0. The molecule has 1 aliphatic rings. The number of carbonyl (C=O) groups excluding carboxylic acids is 3. The van der Waals surface area contributed by atoms with Crippen LogP contribution in [0, 0.1) is 11.8 Å². The summed E-state index contributed by atoms with van der Waals surface area (Å²) in [6.07, 6.45) is -1.72. The molecule has 1 heterocycles. The van der Waals surface area contributed by atoms with E-state index >= 15 is 0 Å².